The third-order valence-electron chi connectivity index (χ3n) is 1.98. The number of hydrogen-bond acceptors (Lipinski definition) is 6. The predicted octanol–water partition coefficient (Wildman–Crippen LogP) is 2.99. The van der Waals surface area contributed by atoms with Crippen LogP contribution < -0.4 is 0 Å². The molecule has 0 N–H and O–H groups in total. The van der Waals surface area contributed by atoms with Crippen molar-refractivity contribution in [3.63, 3.8) is 0 Å². The van der Waals surface area contributed by atoms with Crippen LogP contribution in [0, 0.1) is 0 Å². The predicted molar refractivity (Wildman–Crippen MR) is 89.7 cm³/mol. The molecule has 0 aliphatic heterocycles. The molecule has 23 heavy (non-hydrogen) atoms. The van der Waals surface area contributed by atoms with E-state index in [-0.39, 0.29) is 17.9 Å². The Balaban J connectivity index is -0.000000264. The molecule has 0 saturated carbocycles. The summed E-state index contributed by atoms with van der Waals surface area (Å²) in [7, 11) is 2.66. The molecule has 6 heteroatoms. The van der Waals surface area contributed by atoms with Gasteiger partial charge in [0.1, 0.15) is 0 Å². The molecule has 0 saturated heterocycles. The Bertz CT molecular complexity index is 383. The average Bonchev–Trinajstić information content (AvgIpc) is 2.54. The standard InChI is InChI=1S/C7H12O2.2C5H8O2/c1-3-5-6-9-7(8)4-2;2*1-4(2)5(6)7-3/h4H,2-3,5-6H2,1H3;2*1H2,2-3H3. The first-order chi connectivity index (χ1) is 10.7. The zero-order chi connectivity index (χ0) is 18.8. The van der Waals surface area contributed by atoms with Crippen molar-refractivity contribution in [2.75, 3.05) is 20.8 Å². The molecule has 0 aromatic heterocycles. The molecule has 0 bridgehead atoms. The molecule has 0 atom stereocenters. The second-order valence-electron chi connectivity index (χ2n) is 4.27. The van der Waals surface area contributed by atoms with Gasteiger partial charge in [0, 0.05) is 17.2 Å². The molecule has 0 unspecified atom stereocenters. The smallest absolute Gasteiger partial charge is 0.332 e. The van der Waals surface area contributed by atoms with E-state index in [2.05, 4.69) is 33.9 Å². The summed E-state index contributed by atoms with van der Waals surface area (Å²) in [4.78, 5) is 30.7. The van der Waals surface area contributed by atoms with Gasteiger partial charge in [-0.25, -0.2) is 14.4 Å². The van der Waals surface area contributed by atoms with Crippen molar-refractivity contribution < 1.29 is 28.6 Å². The summed E-state index contributed by atoms with van der Waals surface area (Å²) in [6.45, 7) is 15.7. The van der Waals surface area contributed by atoms with E-state index in [1.54, 1.807) is 13.8 Å². The minimum absolute atomic E-state index is 0.330. The summed E-state index contributed by atoms with van der Waals surface area (Å²) in [6, 6.07) is 0. The first kappa shape index (κ1) is 25.6. The Labute approximate surface area is 138 Å². The lowest BCUT2D eigenvalue weighted by Gasteiger charge is -1.97. The first-order valence-corrected chi connectivity index (χ1v) is 6.94. The number of carbonyl (C=O) groups excluding carboxylic acids is 3. The molecule has 0 aromatic rings. The lowest BCUT2D eigenvalue weighted by atomic mass is 10.4. The zero-order valence-corrected chi connectivity index (χ0v) is 14.8. The maximum Gasteiger partial charge on any atom is 0.332 e. The second-order valence-corrected chi connectivity index (χ2v) is 4.27. The fourth-order valence-electron chi connectivity index (χ4n) is 0.724. The number of ether oxygens (including phenoxy) is 3. The third-order valence-corrected chi connectivity index (χ3v) is 1.98. The molecule has 0 spiro atoms. The van der Waals surface area contributed by atoms with Gasteiger partial charge in [0.15, 0.2) is 0 Å². The molecule has 0 fully saturated rings. The summed E-state index contributed by atoms with van der Waals surface area (Å²) in [5.74, 6) is -1.02. The van der Waals surface area contributed by atoms with Gasteiger partial charge in [0.05, 0.1) is 20.8 Å². The summed E-state index contributed by atoms with van der Waals surface area (Å²) in [6.07, 6.45) is 3.15. The summed E-state index contributed by atoms with van der Waals surface area (Å²) < 4.78 is 13.2. The molecule has 0 radical (unpaired) electrons. The van der Waals surface area contributed by atoms with Crippen LogP contribution in [-0.2, 0) is 28.6 Å². The zero-order valence-electron chi connectivity index (χ0n) is 14.8. The Morgan fingerprint density at radius 2 is 1.35 bits per heavy atom. The van der Waals surface area contributed by atoms with Crippen molar-refractivity contribution in [1.82, 2.24) is 0 Å². The van der Waals surface area contributed by atoms with Crippen LogP contribution in [0.1, 0.15) is 33.6 Å². The highest BCUT2D eigenvalue weighted by Gasteiger charge is 1.96. The maximum absolute atomic E-state index is 10.3. The molecule has 132 valence electrons. The second kappa shape index (κ2) is 17.7. The van der Waals surface area contributed by atoms with Crippen LogP contribution in [-0.4, -0.2) is 38.7 Å². The number of methoxy groups -OCH3 is 2. The minimum Gasteiger partial charge on any atom is -0.466 e. The third kappa shape index (κ3) is 22.1. The Hall–Kier alpha value is -2.37. The van der Waals surface area contributed by atoms with Crippen molar-refractivity contribution in [2.24, 2.45) is 0 Å². The summed E-state index contributed by atoms with van der Waals surface area (Å²) >= 11 is 0. The fourth-order valence-corrected chi connectivity index (χ4v) is 0.724. The van der Waals surface area contributed by atoms with Gasteiger partial charge in [-0.3, -0.25) is 0 Å². The Kier molecular flexibility index (Phi) is 19.7. The minimum atomic E-state index is -0.347. The van der Waals surface area contributed by atoms with E-state index in [0.717, 1.165) is 12.8 Å². The lowest BCUT2D eigenvalue weighted by molar-refractivity contribution is -0.138. The number of hydrogen-bond donors (Lipinski definition) is 0. The highest BCUT2D eigenvalue weighted by Crippen LogP contribution is 1.88. The topological polar surface area (TPSA) is 78.9 Å². The van der Waals surface area contributed by atoms with Crippen molar-refractivity contribution in [2.45, 2.75) is 33.6 Å². The first-order valence-electron chi connectivity index (χ1n) is 6.94. The normalized spacial score (nSPS) is 8.04. The van der Waals surface area contributed by atoms with E-state index in [9.17, 15) is 14.4 Å². The van der Waals surface area contributed by atoms with Crippen LogP contribution in [0.5, 0.6) is 0 Å². The van der Waals surface area contributed by atoms with Crippen LogP contribution in [0.2, 0.25) is 0 Å². The molecule has 0 aliphatic rings. The quantitative estimate of drug-likeness (QED) is 0.323. The van der Waals surface area contributed by atoms with Crippen molar-refractivity contribution in [1.29, 1.82) is 0 Å². The molecule has 0 aromatic carbocycles. The van der Waals surface area contributed by atoms with Crippen LogP contribution in [0.15, 0.2) is 37.0 Å². The van der Waals surface area contributed by atoms with Crippen molar-refractivity contribution in [3.05, 3.63) is 37.0 Å². The van der Waals surface area contributed by atoms with Crippen LogP contribution >= 0.6 is 0 Å². The molecule has 6 nitrogen and oxygen atoms in total. The van der Waals surface area contributed by atoms with Crippen LogP contribution in [0.3, 0.4) is 0 Å². The molecule has 0 aliphatic carbocycles. The fraction of sp³-hybridized carbons (Fsp3) is 0.471. The number of carbonyl (C=O) groups is 3. The van der Waals surface area contributed by atoms with E-state index in [1.165, 1.54) is 20.3 Å². The van der Waals surface area contributed by atoms with Gasteiger partial charge < -0.3 is 14.2 Å². The van der Waals surface area contributed by atoms with E-state index >= 15 is 0 Å². The van der Waals surface area contributed by atoms with Gasteiger partial charge in [0.25, 0.3) is 0 Å². The average molecular weight is 328 g/mol. The number of esters is 3. The molecule has 0 heterocycles. The van der Waals surface area contributed by atoms with Gasteiger partial charge in [-0.15, -0.1) is 0 Å². The van der Waals surface area contributed by atoms with Gasteiger partial charge in [-0.1, -0.05) is 33.1 Å². The van der Waals surface area contributed by atoms with Crippen LogP contribution in [0.4, 0.5) is 0 Å². The molecule has 0 rings (SSSR count). The summed E-state index contributed by atoms with van der Waals surface area (Å²) in [5, 5.41) is 0. The van der Waals surface area contributed by atoms with Crippen molar-refractivity contribution >= 4 is 17.9 Å². The van der Waals surface area contributed by atoms with Crippen LogP contribution in [0.25, 0.3) is 0 Å². The number of unbranched alkanes of at least 4 members (excludes halogenated alkanes) is 1. The van der Waals surface area contributed by atoms with E-state index in [0.29, 0.717) is 17.8 Å². The number of rotatable bonds is 6. The largest absolute Gasteiger partial charge is 0.466 e. The highest BCUT2D eigenvalue weighted by atomic mass is 16.5. The Morgan fingerprint density at radius 3 is 1.52 bits per heavy atom. The monoisotopic (exact) mass is 328 g/mol. The SMILES string of the molecule is C=C(C)C(=O)OC.C=C(C)C(=O)OC.C=CC(=O)OCCCC. The highest BCUT2D eigenvalue weighted by molar-refractivity contribution is 5.87. The van der Waals surface area contributed by atoms with Gasteiger partial charge in [-0.2, -0.15) is 0 Å². The summed E-state index contributed by atoms with van der Waals surface area (Å²) in [5.41, 5.74) is 0.866. The van der Waals surface area contributed by atoms with E-state index in [4.69, 9.17) is 0 Å². The Morgan fingerprint density at radius 1 is 0.957 bits per heavy atom. The lowest BCUT2D eigenvalue weighted by Crippen LogP contribution is -2.00. The van der Waals surface area contributed by atoms with Gasteiger partial charge in [-0.05, 0) is 20.3 Å². The molecular formula is C17H28O6. The molecule has 0 amide bonds. The van der Waals surface area contributed by atoms with E-state index < -0.39 is 0 Å². The van der Waals surface area contributed by atoms with Gasteiger partial charge in [0.2, 0.25) is 0 Å². The van der Waals surface area contributed by atoms with Crippen molar-refractivity contribution in [3.8, 4) is 0 Å². The van der Waals surface area contributed by atoms with Gasteiger partial charge >= 0.3 is 17.9 Å². The molecular weight excluding hydrogens is 300 g/mol. The van der Waals surface area contributed by atoms with E-state index in [1.807, 2.05) is 6.92 Å². The maximum atomic E-state index is 10.3.